The van der Waals surface area contributed by atoms with Gasteiger partial charge in [0.2, 0.25) is 0 Å². The van der Waals surface area contributed by atoms with Gasteiger partial charge in [0.05, 0.1) is 6.10 Å². The first kappa shape index (κ1) is 17.0. The van der Waals surface area contributed by atoms with Gasteiger partial charge in [0.1, 0.15) is 11.6 Å². The number of halogens is 1. The van der Waals surface area contributed by atoms with Crippen molar-refractivity contribution in [3.8, 4) is 5.75 Å². The molecular weight excluding hydrogens is 323 g/mol. The molecule has 1 aromatic heterocycles. The first-order valence-electron chi connectivity index (χ1n) is 7.91. The van der Waals surface area contributed by atoms with E-state index in [4.69, 9.17) is 4.74 Å². The van der Waals surface area contributed by atoms with Crippen LogP contribution in [-0.2, 0) is 11.8 Å². The molecule has 0 aliphatic rings. The highest BCUT2D eigenvalue weighted by Gasteiger charge is 2.15. The number of para-hydroxylation sites is 1. The number of rotatable bonds is 6. The molecule has 0 radical (unpaired) electrons. The lowest BCUT2D eigenvalue weighted by Gasteiger charge is -2.12. The van der Waals surface area contributed by atoms with E-state index in [1.807, 2.05) is 42.1 Å². The Balaban J connectivity index is 1.55. The summed E-state index contributed by atoms with van der Waals surface area (Å²) in [6.07, 6.45) is 1.04. The van der Waals surface area contributed by atoms with Gasteiger partial charge in [-0.15, -0.1) is 0 Å². The van der Waals surface area contributed by atoms with Crippen LogP contribution in [0.15, 0.2) is 54.7 Å². The molecule has 0 aliphatic heterocycles. The second kappa shape index (κ2) is 7.36. The molecule has 130 valence electrons. The molecule has 2 N–H and O–H groups in total. The number of hydrogen-bond donors (Lipinski definition) is 2. The Morgan fingerprint density at radius 2 is 1.96 bits per heavy atom. The molecule has 0 saturated heterocycles. The van der Waals surface area contributed by atoms with Crippen molar-refractivity contribution in [3.63, 3.8) is 0 Å². The number of nitrogens with zero attached hydrogens (tertiary/aromatic N) is 1. The largest absolute Gasteiger partial charge is 0.484 e. The van der Waals surface area contributed by atoms with Crippen molar-refractivity contribution in [1.29, 1.82) is 0 Å². The van der Waals surface area contributed by atoms with Crippen molar-refractivity contribution < 1.29 is 19.0 Å². The lowest BCUT2D eigenvalue weighted by Crippen LogP contribution is -2.32. The maximum atomic E-state index is 12.8. The summed E-state index contributed by atoms with van der Waals surface area (Å²) in [5, 5.41) is 14.0. The number of aromatic nitrogens is 1. The van der Waals surface area contributed by atoms with Crippen LogP contribution in [0.25, 0.3) is 10.9 Å². The van der Waals surface area contributed by atoms with E-state index in [2.05, 4.69) is 5.32 Å². The SMILES string of the molecule is Cn1cc(C(O)CNC(=O)COc2ccc(F)cc2)c2ccccc21. The number of aliphatic hydroxyl groups excluding tert-OH is 1. The molecule has 0 bridgehead atoms. The quantitative estimate of drug-likeness (QED) is 0.724. The van der Waals surface area contributed by atoms with Crippen molar-refractivity contribution in [3.05, 3.63) is 66.1 Å². The summed E-state index contributed by atoms with van der Waals surface area (Å²) in [6.45, 7) is -0.118. The monoisotopic (exact) mass is 342 g/mol. The molecule has 25 heavy (non-hydrogen) atoms. The highest BCUT2D eigenvalue weighted by molar-refractivity contribution is 5.84. The topological polar surface area (TPSA) is 63.5 Å². The minimum Gasteiger partial charge on any atom is -0.484 e. The fourth-order valence-electron chi connectivity index (χ4n) is 2.69. The van der Waals surface area contributed by atoms with Gasteiger partial charge in [0.25, 0.3) is 5.91 Å². The highest BCUT2D eigenvalue weighted by Crippen LogP contribution is 2.25. The Kier molecular flexibility index (Phi) is 5.00. The lowest BCUT2D eigenvalue weighted by molar-refractivity contribution is -0.123. The number of benzene rings is 2. The van der Waals surface area contributed by atoms with Gasteiger partial charge in [-0.3, -0.25) is 4.79 Å². The number of amides is 1. The van der Waals surface area contributed by atoms with E-state index in [0.29, 0.717) is 5.75 Å². The van der Waals surface area contributed by atoms with Crippen LogP contribution >= 0.6 is 0 Å². The summed E-state index contributed by atoms with van der Waals surface area (Å²) in [4.78, 5) is 11.9. The van der Waals surface area contributed by atoms with E-state index in [0.717, 1.165) is 16.5 Å². The van der Waals surface area contributed by atoms with Crippen molar-refractivity contribution in [1.82, 2.24) is 9.88 Å². The molecule has 3 aromatic rings. The number of nitrogens with one attached hydrogen (secondary N) is 1. The second-order valence-corrected chi connectivity index (χ2v) is 5.77. The van der Waals surface area contributed by atoms with Crippen LogP contribution < -0.4 is 10.1 Å². The number of carbonyl (C=O) groups is 1. The smallest absolute Gasteiger partial charge is 0.258 e. The van der Waals surface area contributed by atoms with Crippen LogP contribution in [0.5, 0.6) is 5.75 Å². The molecule has 1 atom stereocenters. The van der Waals surface area contributed by atoms with Crippen molar-refractivity contribution >= 4 is 16.8 Å². The molecule has 1 heterocycles. The fourth-order valence-corrected chi connectivity index (χ4v) is 2.69. The van der Waals surface area contributed by atoms with Gasteiger partial charge in [0, 0.05) is 36.3 Å². The zero-order valence-corrected chi connectivity index (χ0v) is 13.8. The van der Waals surface area contributed by atoms with Crippen molar-refractivity contribution in [2.45, 2.75) is 6.10 Å². The molecule has 0 spiro atoms. The third-order valence-corrected chi connectivity index (χ3v) is 3.96. The molecular formula is C19H19FN2O3. The normalized spacial score (nSPS) is 12.1. The van der Waals surface area contributed by atoms with Gasteiger partial charge in [-0.1, -0.05) is 18.2 Å². The summed E-state index contributed by atoms with van der Waals surface area (Å²) >= 11 is 0. The third kappa shape index (κ3) is 3.97. The maximum Gasteiger partial charge on any atom is 0.258 e. The Morgan fingerprint density at radius 3 is 2.72 bits per heavy atom. The van der Waals surface area contributed by atoms with E-state index in [-0.39, 0.29) is 24.9 Å². The average molecular weight is 342 g/mol. The molecule has 1 amide bonds. The molecule has 1 unspecified atom stereocenters. The van der Waals surface area contributed by atoms with Crippen LogP contribution in [0, 0.1) is 5.82 Å². The Morgan fingerprint density at radius 1 is 1.24 bits per heavy atom. The summed E-state index contributed by atoms with van der Waals surface area (Å²) in [5.74, 6) is -0.315. The van der Waals surface area contributed by atoms with Crippen molar-refractivity contribution in [2.75, 3.05) is 13.2 Å². The molecule has 5 nitrogen and oxygen atoms in total. The van der Waals surface area contributed by atoms with E-state index in [1.165, 1.54) is 24.3 Å². The third-order valence-electron chi connectivity index (χ3n) is 3.96. The Bertz CT molecular complexity index is 874. The van der Waals surface area contributed by atoms with E-state index in [1.54, 1.807) is 0 Å². The van der Waals surface area contributed by atoms with Crippen LogP contribution in [0.2, 0.25) is 0 Å². The number of carbonyl (C=O) groups excluding carboxylic acids is 1. The average Bonchev–Trinajstić information content (AvgIpc) is 2.96. The zero-order chi connectivity index (χ0) is 17.8. The summed E-state index contributed by atoms with van der Waals surface area (Å²) < 4.78 is 20.0. The number of hydrogen-bond acceptors (Lipinski definition) is 3. The predicted octanol–water partition coefficient (Wildman–Crippen LogP) is 2.55. The molecule has 0 fully saturated rings. The number of ether oxygens (including phenoxy) is 1. The van der Waals surface area contributed by atoms with E-state index in [9.17, 15) is 14.3 Å². The Labute approximate surface area is 144 Å². The van der Waals surface area contributed by atoms with E-state index < -0.39 is 6.10 Å². The molecule has 2 aromatic carbocycles. The molecule has 0 saturated carbocycles. The lowest BCUT2D eigenvalue weighted by atomic mass is 10.1. The fraction of sp³-hybridized carbons (Fsp3) is 0.211. The predicted molar refractivity (Wildman–Crippen MR) is 92.8 cm³/mol. The minimum absolute atomic E-state index is 0.0830. The first-order valence-corrected chi connectivity index (χ1v) is 7.91. The summed E-state index contributed by atoms with van der Waals surface area (Å²) in [6, 6.07) is 13.2. The number of aliphatic hydroxyl groups is 1. The number of aryl methyl sites for hydroxylation is 1. The summed E-state index contributed by atoms with van der Waals surface area (Å²) in [7, 11) is 1.91. The standard InChI is InChI=1S/C19H19FN2O3/c1-22-11-16(15-4-2-3-5-17(15)22)18(23)10-21-19(24)12-25-14-8-6-13(20)7-9-14/h2-9,11,18,23H,10,12H2,1H3,(H,21,24). The van der Waals surface area contributed by atoms with Crippen LogP contribution in [-0.4, -0.2) is 28.7 Å². The Hall–Kier alpha value is -2.86. The van der Waals surface area contributed by atoms with Crippen LogP contribution in [0.3, 0.4) is 0 Å². The van der Waals surface area contributed by atoms with Gasteiger partial charge >= 0.3 is 0 Å². The second-order valence-electron chi connectivity index (χ2n) is 5.77. The van der Waals surface area contributed by atoms with Crippen LogP contribution in [0.1, 0.15) is 11.7 Å². The van der Waals surface area contributed by atoms with Crippen molar-refractivity contribution in [2.24, 2.45) is 7.05 Å². The van der Waals surface area contributed by atoms with E-state index >= 15 is 0 Å². The minimum atomic E-state index is -0.819. The molecule has 0 aliphatic carbocycles. The van der Waals surface area contributed by atoms with Gasteiger partial charge in [-0.2, -0.15) is 0 Å². The summed E-state index contributed by atoms with van der Waals surface area (Å²) in [5.41, 5.74) is 1.78. The number of fused-ring (bicyclic) bond motifs is 1. The molecule has 6 heteroatoms. The maximum absolute atomic E-state index is 12.8. The zero-order valence-electron chi connectivity index (χ0n) is 13.8. The highest BCUT2D eigenvalue weighted by atomic mass is 19.1. The molecule has 3 rings (SSSR count). The van der Waals surface area contributed by atoms with Gasteiger partial charge in [-0.05, 0) is 30.3 Å². The van der Waals surface area contributed by atoms with Gasteiger partial charge in [0.15, 0.2) is 6.61 Å². The van der Waals surface area contributed by atoms with Crippen LogP contribution in [0.4, 0.5) is 4.39 Å². The van der Waals surface area contributed by atoms with Gasteiger partial charge in [-0.25, -0.2) is 4.39 Å². The first-order chi connectivity index (χ1) is 12.0. The van der Waals surface area contributed by atoms with Gasteiger partial charge < -0.3 is 19.7 Å².